The van der Waals surface area contributed by atoms with Gasteiger partial charge in [0.1, 0.15) is 29.9 Å². The minimum Gasteiger partial charge on any atom is -0.508 e. The van der Waals surface area contributed by atoms with E-state index in [2.05, 4.69) is 52.5 Å². The number of aliphatic carboxylic acids is 1. The number of hydrogen-bond donors (Lipinski definition) is 17. The van der Waals surface area contributed by atoms with Crippen molar-refractivity contribution in [3.8, 4) is 5.75 Å². The summed E-state index contributed by atoms with van der Waals surface area (Å²) in [6, 6.07) is -0.878. The Hall–Kier alpha value is -7.33. The first-order valence-electron chi connectivity index (χ1n) is 20.7. The quantitative estimate of drug-likeness (QED) is 0.0181. The van der Waals surface area contributed by atoms with Gasteiger partial charge in [0.05, 0.1) is 38.8 Å². The summed E-state index contributed by atoms with van der Waals surface area (Å²) in [4.78, 5) is 121. The highest BCUT2D eigenvalue weighted by atomic mass is 16.4. The molecule has 0 aliphatic carbocycles. The number of nitrogens with one attached hydrogen (secondary N) is 8. The first kappa shape index (κ1) is 56.7. The molecule has 0 saturated heterocycles. The summed E-state index contributed by atoms with van der Waals surface area (Å²) in [6.07, 6.45) is 1.46. The van der Waals surface area contributed by atoms with Crippen LogP contribution < -0.4 is 76.9 Å². The van der Waals surface area contributed by atoms with Crippen LogP contribution in [-0.4, -0.2) is 163 Å². The Kier molecular flexibility index (Phi) is 27.1. The highest BCUT2D eigenvalue weighted by Gasteiger charge is 2.30. The number of guanidine groups is 2. The van der Waals surface area contributed by atoms with Gasteiger partial charge in [0, 0.05) is 19.5 Å². The van der Waals surface area contributed by atoms with Gasteiger partial charge in [-0.1, -0.05) is 18.6 Å². The number of phenols is 1. The molecule has 8 amide bonds. The van der Waals surface area contributed by atoms with Gasteiger partial charge in [-0.15, -0.1) is 0 Å². The maximum atomic E-state index is 13.6. The molecule has 66 heavy (non-hydrogen) atoms. The molecule has 1 aromatic carbocycles. The number of aliphatic imine (C=N–C) groups is 2. The molecule has 5 atom stereocenters. The van der Waals surface area contributed by atoms with E-state index in [0.717, 1.165) is 0 Å². The molecule has 1 rings (SSSR count). The van der Waals surface area contributed by atoms with Crippen LogP contribution >= 0.6 is 0 Å². The molecule has 0 bridgehead atoms. The lowest BCUT2D eigenvalue weighted by molar-refractivity contribution is -0.141. The number of nitrogens with two attached hydrogens (primary N) is 6. The second kappa shape index (κ2) is 31.5. The zero-order valence-corrected chi connectivity index (χ0v) is 36.4. The third kappa shape index (κ3) is 25.1. The average Bonchev–Trinajstić information content (AvgIpc) is 3.27. The summed E-state index contributed by atoms with van der Waals surface area (Å²) in [5.74, 6) is -8.57. The van der Waals surface area contributed by atoms with Crippen molar-refractivity contribution in [3.63, 3.8) is 0 Å². The van der Waals surface area contributed by atoms with Crippen molar-refractivity contribution in [3.05, 3.63) is 29.8 Å². The summed E-state index contributed by atoms with van der Waals surface area (Å²) >= 11 is 0. The fraction of sp³-hybridized carbons (Fsp3) is 0.553. The van der Waals surface area contributed by atoms with Crippen molar-refractivity contribution >= 4 is 65.1 Å². The first-order valence-corrected chi connectivity index (χ1v) is 20.7. The second-order valence-corrected chi connectivity index (χ2v) is 14.5. The molecule has 23 N–H and O–H groups in total. The van der Waals surface area contributed by atoms with E-state index in [1.54, 1.807) is 0 Å². The smallest absolute Gasteiger partial charge is 0.326 e. The summed E-state index contributed by atoms with van der Waals surface area (Å²) in [6.45, 7) is -2.94. The van der Waals surface area contributed by atoms with E-state index in [9.17, 15) is 58.5 Å². The van der Waals surface area contributed by atoms with Crippen molar-refractivity contribution in [1.82, 2.24) is 42.5 Å². The number of amides is 8. The molecule has 0 aliphatic rings. The van der Waals surface area contributed by atoms with Crippen LogP contribution in [0.5, 0.6) is 5.75 Å². The third-order valence-electron chi connectivity index (χ3n) is 9.05. The standard InChI is InChI=1S/C38H64N16O12/c39-12-2-1-5-23(40)32(61)54-27(20-55)35(64)53-25(7-4-14-46-38(43)44)34(63)52-24(6-3-13-45-37(41)42)33(62)50-18-30(59)48-16-28(57)47-17-29(58)49-19-31(60)51-26(36(65)66)15-21-8-10-22(56)11-9-21/h8-11,23-27,55-56H,1-7,12-20,39-40H2,(H,47,57)(H,48,59)(H,49,58)(H,50,62)(H,51,60)(H,52,63)(H,53,64)(H,54,61)(H,65,66)(H4,41,42,45)(H4,43,44,46)/t23-,24-,25-,26-,27-/m0/s1. The van der Waals surface area contributed by atoms with E-state index in [1.807, 2.05) is 0 Å². The predicted octanol–water partition coefficient (Wildman–Crippen LogP) is -8.02. The number of aliphatic hydroxyl groups excluding tert-OH is 1. The number of rotatable bonds is 32. The Bertz CT molecular complexity index is 1840. The molecule has 0 aliphatic heterocycles. The number of carboxylic acids is 1. The lowest BCUT2D eigenvalue weighted by Crippen LogP contribution is -2.58. The van der Waals surface area contributed by atoms with Crippen LogP contribution in [0.3, 0.4) is 0 Å². The Labute approximate surface area is 379 Å². The number of nitrogens with zero attached hydrogens (tertiary/aromatic N) is 2. The Morgan fingerprint density at radius 3 is 1.47 bits per heavy atom. The summed E-state index contributed by atoms with van der Waals surface area (Å²) < 4.78 is 0. The van der Waals surface area contributed by atoms with Gasteiger partial charge in [-0.25, -0.2) is 4.79 Å². The topological polar surface area (TPSA) is 491 Å². The molecule has 0 spiro atoms. The molecule has 28 heteroatoms. The molecular weight excluding hydrogens is 873 g/mol. The molecule has 0 aromatic heterocycles. The molecule has 0 heterocycles. The van der Waals surface area contributed by atoms with Gasteiger partial charge in [-0.05, 0) is 62.8 Å². The normalized spacial score (nSPS) is 12.8. The van der Waals surface area contributed by atoms with Gasteiger partial charge in [0.15, 0.2) is 11.9 Å². The van der Waals surface area contributed by atoms with Gasteiger partial charge in [0.2, 0.25) is 47.3 Å². The van der Waals surface area contributed by atoms with Crippen molar-refractivity contribution in [2.24, 2.45) is 44.4 Å². The van der Waals surface area contributed by atoms with Crippen LogP contribution in [-0.2, 0) is 49.6 Å². The number of carboxylic acid groups (broad SMARTS) is 1. The first-order chi connectivity index (χ1) is 31.2. The lowest BCUT2D eigenvalue weighted by Gasteiger charge is -2.25. The van der Waals surface area contributed by atoms with Crippen molar-refractivity contribution in [2.75, 3.05) is 52.4 Å². The molecule has 1 aromatic rings. The number of aromatic hydroxyl groups is 1. The number of benzene rings is 1. The molecule has 0 radical (unpaired) electrons. The van der Waals surface area contributed by atoms with Gasteiger partial charge in [0.25, 0.3) is 0 Å². The van der Waals surface area contributed by atoms with Crippen LogP contribution in [0.2, 0.25) is 0 Å². The summed E-state index contributed by atoms with van der Waals surface area (Å²) in [5.41, 5.74) is 33.4. The van der Waals surface area contributed by atoms with Gasteiger partial charge >= 0.3 is 5.97 Å². The SMILES string of the molecule is NCCCC[C@H](N)C(=O)N[C@@H](CO)C(=O)N[C@@H](CCCN=C(N)N)C(=O)N[C@@H](CCCN=C(N)N)C(=O)NCC(=O)NCC(=O)NCC(=O)NCC(=O)N[C@@H](Cc1ccc(O)cc1)C(=O)O. The van der Waals surface area contributed by atoms with Crippen LogP contribution in [0.1, 0.15) is 50.5 Å². The van der Waals surface area contributed by atoms with Gasteiger partial charge < -0.3 is 92.3 Å². The lowest BCUT2D eigenvalue weighted by atomic mass is 10.1. The van der Waals surface area contributed by atoms with Crippen molar-refractivity contribution in [2.45, 2.75) is 81.6 Å². The highest BCUT2D eigenvalue weighted by molar-refractivity contribution is 5.96. The molecule has 368 valence electrons. The summed E-state index contributed by atoms with van der Waals surface area (Å²) in [7, 11) is 0. The fourth-order valence-electron chi connectivity index (χ4n) is 5.53. The second-order valence-electron chi connectivity index (χ2n) is 14.5. The Morgan fingerprint density at radius 2 is 1.00 bits per heavy atom. The van der Waals surface area contributed by atoms with Crippen molar-refractivity contribution < 1.29 is 58.5 Å². The number of unbranched alkanes of at least 4 members (excludes halogenated alkanes) is 1. The Morgan fingerprint density at radius 1 is 0.545 bits per heavy atom. The van der Waals surface area contributed by atoms with Crippen LogP contribution in [0, 0.1) is 0 Å². The zero-order valence-electron chi connectivity index (χ0n) is 36.4. The average molecular weight is 937 g/mol. The van der Waals surface area contributed by atoms with Gasteiger partial charge in [-0.3, -0.25) is 48.3 Å². The van der Waals surface area contributed by atoms with Crippen LogP contribution in [0.25, 0.3) is 0 Å². The van der Waals surface area contributed by atoms with E-state index < -0.39 is 116 Å². The minimum atomic E-state index is -1.51. The maximum Gasteiger partial charge on any atom is 0.326 e. The number of hydrogen-bond acceptors (Lipinski definition) is 15. The monoisotopic (exact) mass is 936 g/mol. The van der Waals surface area contributed by atoms with Crippen LogP contribution in [0.15, 0.2) is 34.3 Å². The molecule has 0 fully saturated rings. The molecule has 0 unspecified atom stereocenters. The van der Waals surface area contributed by atoms with E-state index in [4.69, 9.17) is 34.4 Å². The largest absolute Gasteiger partial charge is 0.508 e. The molecular formula is C38H64N16O12. The molecule has 0 saturated carbocycles. The number of phenolic OH excluding ortho intramolecular Hbond substituents is 1. The zero-order chi connectivity index (χ0) is 49.6. The van der Waals surface area contributed by atoms with E-state index in [-0.39, 0.29) is 69.3 Å². The molecule has 28 nitrogen and oxygen atoms in total. The number of carbonyl (C=O) groups is 9. The minimum absolute atomic E-state index is 0.0259. The summed E-state index contributed by atoms with van der Waals surface area (Å²) in [5, 5.41) is 47.3. The number of carbonyl (C=O) groups excluding carboxylic acids is 8. The van der Waals surface area contributed by atoms with Crippen LogP contribution in [0.4, 0.5) is 0 Å². The van der Waals surface area contributed by atoms with Gasteiger partial charge in [-0.2, -0.15) is 0 Å². The van der Waals surface area contributed by atoms with Crippen molar-refractivity contribution in [1.29, 1.82) is 0 Å². The fourth-order valence-corrected chi connectivity index (χ4v) is 5.53. The Balaban J connectivity index is 2.83. The highest BCUT2D eigenvalue weighted by Crippen LogP contribution is 2.11. The predicted molar refractivity (Wildman–Crippen MR) is 237 cm³/mol. The maximum absolute atomic E-state index is 13.6. The van der Waals surface area contributed by atoms with E-state index in [1.165, 1.54) is 24.3 Å². The van der Waals surface area contributed by atoms with E-state index in [0.29, 0.717) is 24.9 Å². The third-order valence-corrected chi connectivity index (χ3v) is 9.05. The van der Waals surface area contributed by atoms with E-state index >= 15 is 0 Å². The number of aliphatic hydroxyl groups is 1.